The lowest BCUT2D eigenvalue weighted by Gasteiger charge is -2.27. The summed E-state index contributed by atoms with van der Waals surface area (Å²) < 4.78 is 15.9. The van der Waals surface area contributed by atoms with E-state index in [9.17, 15) is 14.4 Å². The summed E-state index contributed by atoms with van der Waals surface area (Å²) in [6, 6.07) is 0.487. The topological polar surface area (TPSA) is 146 Å². The van der Waals surface area contributed by atoms with Crippen molar-refractivity contribution >= 4 is 26.7 Å². The molecule has 0 radical (unpaired) electrons. The minimum atomic E-state index is -2.75. The van der Waals surface area contributed by atoms with Gasteiger partial charge in [-0.25, -0.2) is 0 Å². The molecule has 0 amide bonds. The van der Waals surface area contributed by atoms with Gasteiger partial charge in [0.15, 0.2) is 0 Å². The summed E-state index contributed by atoms with van der Waals surface area (Å²) in [5.41, 5.74) is 0. The average Bonchev–Trinajstić information content (AvgIpc) is 2.55. The van der Waals surface area contributed by atoms with E-state index < -0.39 is 39.8 Å². The van der Waals surface area contributed by atoms with Crippen LogP contribution in [0.15, 0.2) is 0 Å². The minimum Gasteiger partial charge on any atom is -0.480 e. The van der Waals surface area contributed by atoms with Crippen molar-refractivity contribution in [3.05, 3.63) is 0 Å². The zero-order valence-corrected chi connectivity index (χ0v) is 16.3. The largest absolute Gasteiger partial charge is 0.500 e. The maximum atomic E-state index is 11.0. The van der Waals surface area contributed by atoms with Crippen LogP contribution in [0.25, 0.3) is 0 Å². The monoisotopic (exact) mass is 396 g/mol. The molecular formula is C14H28N2O9Si. The van der Waals surface area contributed by atoms with Crippen LogP contribution in [0.1, 0.15) is 6.42 Å². The van der Waals surface area contributed by atoms with Gasteiger partial charge in [0, 0.05) is 40.5 Å². The molecule has 0 aliphatic carbocycles. The molecule has 0 spiro atoms. The molecule has 0 unspecified atom stereocenters. The van der Waals surface area contributed by atoms with E-state index in [1.54, 1.807) is 4.90 Å². The van der Waals surface area contributed by atoms with Crippen LogP contribution >= 0.6 is 0 Å². The zero-order valence-electron chi connectivity index (χ0n) is 15.3. The Balaban J connectivity index is 4.69. The Morgan fingerprint density at radius 2 is 1.12 bits per heavy atom. The number of carboxylic acids is 3. The molecule has 11 nitrogen and oxygen atoms in total. The van der Waals surface area contributed by atoms with Gasteiger partial charge < -0.3 is 28.6 Å². The Kier molecular flexibility index (Phi) is 12.0. The van der Waals surface area contributed by atoms with Gasteiger partial charge in [0.25, 0.3) is 0 Å². The summed E-state index contributed by atoms with van der Waals surface area (Å²) in [6.07, 6.45) is 0.548. The van der Waals surface area contributed by atoms with Crippen LogP contribution in [-0.4, -0.2) is 112 Å². The maximum absolute atomic E-state index is 11.0. The van der Waals surface area contributed by atoms with Gasteiger partial charge in [-0.15, -0.1) is 0 Å². The van der Waals surface area contributed by atoms with Crippen LogP contribution in [-0.2, 0) is 27.7 Å². The van der Waals surface area contributed by atoms with Crippen LogP contribution in [0.3, 0.4) is 0 Å². The molecule has 0 aromatic rings. The highest BCUT2D eigenvalue weighted by atomic mass is 28.4. The first-order chi connectivity index (χ1) is 12.2. The van der Waals surface area contributed by atoms with Crippen molar-refractivity contribution in [2.24, 2.45) is 0 Å². The first-order valence-electron chi connectivity index (χ1n) is 7.93. The molecule has 0 fully saturated rings. The maximum Gasteiger partial charge on any atom is 0.500 e. The van der Waals surface area contributed by atoms with Crippen molar-refractivity contribution in [2.45, 2.75) is 12.5 Å². The Labute approximate surface area is 153 Å². The lowest BCUT2D eigenvalue weighted by Crippen LogP contribution is -2.44. The van der Waals surface area contributed by atoms with E-state index in [-0.39, 0.29) is 19.6 Å². The molecule has 0 heterocycles. The van der Waals surface area contributed by atoms with Gasteiger partial charge in [-0.2, -0.15) is 0 Å². The molecule has 0 bridgehead atoms. The first-order valence-corrected chi connectivity index (χ1v) is 9.86. The fraction of sp³-hybridized carbons (Fsp3) is 0.786. The highest BCUT2D eigenvalue weighted by Gasteiger charge is 2.37. The van der Waals surface area contributed by atoms with E-state index in [4.69, 9.17) is 28.6 Å². The number of carbonyl (C=O) groups is 3. The van der Waals surface area contributed by atoms with Crippen molar-refractivity contribution in [1.82, 2.24) is 9.80 Å². The Hall–Kier alpha value is -1.57. The standard InChI is InChI=1S/C14H28N2O9Si/c1-23-26(24-2,25-3)8-4-5-15(9-12(17)18)6-7-16(10-13(19)20)11-14(21)22/h4-11H2,1-3H3,(H,17,18)(H,19,20)(H,21,22). The normalized spacial score (nSPS) is 11.9. The fourth-order valence-corrected chi connectivity index (χ4v) is 4.12. The third kappa shape index (κ3) is 10.4. The zero-order chi connectivity index (χ0) is 20.2. The molecule has 0 aromatic heterocycles. The summed E-state index contributed by atoms with van der Waals surface area (Å²) >= 11 is 0. The molecule has 0 saturated heterocycles. The SMILES string of the molecule is CO[Si](CCCN(CCN(CC(=O)O)CC(=O)O)CC(=O)O)(OC)OC. The molecule has 0 atom stereocenters. The Bertz CT molecular complexity index is 435. The predicted molar refractivity (Wildman–Crippen MR) is 92.0 cm³/mol. The molecule has 0 aliphatic heterocycles. The number of rotatable bonds is 16. The smallest absolute Gasteiger partial charge is 0.480 e. The van der Waals surface area contributed by atoms with E-state index in [1.807, 2.05) is 0 Å². The lowest BCUT2D eigenvalue weighted by atomic mass is 10.3. The fourth-order valence-electron chi connectivity index (χ4n) is 2.42. The number of hydrogen-bond acceptors (Lipinski definition) is 8. The molecule has 26 heavy (non-hydrogen) atoms. The van der Waals surface area contributed by atoms with Crippen molar-refractivity contribution < 1.29 is 43.0 Å². The summed E-state index contributed by atoms with van der Waals surface area (Å²) in [5.74, 6) is -3.32. The summed E-state index contributed by atoms with van der Waals surface area (Å²) in [4.78, 5) is 35.5. The summed E-state index contributed by atoms with van der Waals surface area (Å²) in [5, 5.41) is 26.7. The second-order valence-corrected chi connectivity index (χ2v) is 8.66. The summed E-state index contributed by atoms with van der Waals surface area (Å²) in [6.45, 7) is -0.372. The molecule has 0 rings (SSSR count). The van der Waals surface area contributed by atoms with Gasteiger partial charge in [0.2, 0.25) is 0 Å². The van der Waals surface area contributed by atoms with Crippen molar-refractivity contribution in [3.63, 3.8) is 0 Å². The van der Waals surface area contributed by atoms with E-state index >= 15 is 0 Å². The van der Waals surface area contributed by atoms with Crippen LogP contribution in [0.2, 0.25) is 6.04 Å². The average molecular weight is 396 g/mol. The third-order valence-corrected chi connectivity index (χ3v) is 6.53. The van der Waals surface area contributed by atoms with E-state index in [2.05, 4.69) is 0 Å². The van der Waals surface area contributed by atoms with Gasteiger partial charge in [-0.05, 0) is 13.0 Å². The van der Waals surface area contributed by atoms with E-state index in [1.165, 1.54) is 26.2 Å². The highest BCUT2D eigenvalue weighted by molar-refractivity contribution is 6.60. The number of hydrogen-bond donors (Lipinski definition) is 3. The molecule has 0 aromatic carbocycles. The molecule has 0 aliphatic rings. The third-order valence-electron chi connectivity index (χ3n) is 3.70. The molecular weight excluding hydrogens is 368 g/mol. The Morgan fingerprint density at radius 3 is 1.50 bits per heavy atom. The van der Waals surface area contributed by atoms with E-state index in [0.717, 1.165) is 0 Å². The van der Waals surface area contributed by atoms with Crippen molar-refractivity contribution in [1.29, 1.82) is 0 Å². The van der Waals surface area contributed by atoms with Crippen LogP contribution in [0.4, 0.5) is 0 Å². The number of carboxylic acid groups (broad SMARTS) is 3. The van der Waals surface area contributed by atoms with Gasteiger partial charge in [0.1, 0.15) is 0 Å². The lowest BCUT2D eigenvalue weighted by molar-refractivity contribution is -0.143. The molecule has 12 heteroatoms. The molecule has 0 saturated carbocycles. The van der Waals surface area contributed by atoms with Crippen molar-refractivity contribution in [3.8, 4) is 0 Å². The van der Waals surface area contributed by atoms with Gasteiger partial charge in [0.05, 0.1) is 19.6 Å². The van der Waals surface area contributed by atoms with Crippen LogP contribution < -0.4 is 0 Å². The van der Waals surface area contributed by atoms with Gasteiger partial charge in [-0.3, -0.25) is 24.2 Å². The number of nitrogens with zero attached hydrogens (tertiary/aromatic N) is 2. The molecule has 3 N–H and O–H groups in total. The minimum absolute atomic E-state index is 0.118. The highest BCUT2D eigenvalue weighted by Crippen LogP contribution is 2.15. The number of aliphatic carboxylic acids is 3. The second-order valence-electron chi connectivity index (χ2n) is 5.57. The van der Waals surface area contributed by atoms with Gasteiger partial charge in [-0.1, -0.05) is 0 Å². The van der Waals surface area contributed by atoms with E-state index in [0.29, 0.717) is 19.0 Å². The van der Waals surface area contributed by atoms with Gasteiger partial charge >= 0.3 is 26.7 Å². The molecule has 152 valence electrons. The van der Waals surface area contributed by atoms with Crippen LogP contribution in [0, 0.1) is 0 Å². The Morgan fingerprint density at radius 1 is 0.731 bits per heavy atom. The van der Waals surface area contributed by atoms with Crippen molar-refractivity contribution in [2.75, 3.05) is 60.6 Å². The quantitative estimate of drug-likeness (QED) is 0.279. The van der Waals surface area contributed by atoms with Crippen LogP contribution in [0.5, 0.6) is 0 Å². The first kappa shape index (κ1) is 24.4. The second kappa shape index (κ2) is 12.7. The summed E-state index contributed by atoms with van der Waals surface area (Å²) in [7, 11) is 1.72. The predicted octanol–water partition coefficient (Wildman–Crippen LogP) is -0.888.